The van der Waals surface area contributed by atoms with E-state index in [1.807, 2.05) is 0 Å². The maximum Gasteiger partial charge on any atom is 0.251 e. The third-order valence-electron chi connectivity index (χ3n) is 4.26. The molecule has 1 amide bonds. The number of carbonyl (C=O) groups is 1. The second-order valence-corrected chi connectivity index (χ2v) is 8.00. The fraction of sp³-hybridized carbons (Fsp3) is 0.278. The molecule has 1 aliphatic heterocycles. The van der Waals surface area contributed by atoms with Gasteiger partial charge in [-0.25, -0.2) is 17.2 Å². The molecule has 0 spiro atoms. The Bertz CT molecular complexity index is 909. The molecule has 1 saturated heterocycles. The molecule has 26 heavy (non-hydrogen) atoms. The number of nitrogens with one attached hydrogen (secondary N) is 1. The Morgan fingerprint density at radius 1 is 1.00 bits per heavy atom. The molecule has 0 atom stereocenters. The van der Waals surface area contributed by atoms with Crippen molar-refractivity contribution < 1.29 is 22.0 Å². The lowest BCUT2D eigenvalue weighted by Gasteiger charge is -2.15. The molecule has 0 aliphatic carbocycles. The normalized spacial score (nSPS) is 15.2. The molecule has 2 aromatic rings. The standard InChI is InChI=1S/C18H18F2N2O3S/c19-16-8-5-14(11-17(16)20)18(23)21-12-13-3-6-15(7-4-13)26(24,25)22-9-1-2-10-22/h3-8,11H,1-2,9-10,12H2,(H,21,23). The summed E-state index contributed by atoms with van der Waals surface area (Å²) in [7, 11) is -3.47. The Hall–Kier alpha value is -2.32. The lowest BCUT2D eigenvalue weighted by Crippen LogP contribution is -2.28. The molecule has 1 aliphatic rings. The Labute approximate surface area is 150 Å². The number of hydrogen-bond donors (Lipinski definition) is 1. The highest BCUT2D eigenvalue weighted by Crippen LogP contribution is 2.21. The number of carbonyl (C=O) groups excluding carboxylic acids is 1. The zero-order valence-electron chi connectivity index (χ0n) is 13.9. The molecule has 5 nitrogen and oxygen atoms in total. The van der Waals surface area contributed by atoms with Crippen LogP contribution in [0.4, 0.5) is 8.78 Å². The molecule has 1 N–H and O–H groups in total. The van der Waals surface area contributed by atoms with Gasteiger partial charge in [-0.1, -0.05) is 12.1 Å². The van der Waals surface area contributed by atoms with Gasteiger partial charge in [0.1, 0.15) is 0 Å². The van der Waals surface area contributed by atoms with Gasteiger partial charge in [0.05, 0.1) is 4.90 Å². The summed E-state index contributed by atoms with van der Waals surface area (Å²) in [6.45, 7) is 1.21. The molecule has 8 heteroatoms. The summed E-state index contributed by atoms with van der Waals surface area (Å²) in [5.41, 5.74) is 0.707. The van der Waals surface area contributed by atoms with Crippen LogP contribution in [-0.2, 0) is 16.6 Å². The molecule has 1 fully saturated rings. The van der Waals surface area contributed by atoms with Crippen LogP contribution in [0.25, 0.3) is 0 Å². The van der Waals surface area contributed by atoms with Gasteiger partial charge in [0.15, 0.2) is 11.6 Å². The predicted octanol–water partition coefficient (Wildman–Crippen LogP) is 2.68. The number of sulfonamides is 1. The van der Waals surface area contributed by atoms with Gasteiger partial charge < -0.3 is 5.32 Å². The zero-order chi connectivity index (χ0) is 18.7. The van der Waals surface area contributed by atoms with Crippen molar-refractivity contribution in [1.82, 2.24) is 9.62 Å². The van der Waals surface area contributed by atoms with Crippen molar-refractivity contribution in [3.8, 4) is 0 Å². The first-order valence-corrected chi connectivity index (χ1v) is 9.64. The highest BCUT2D eigenvalue weighted by molar-refractivity contribution is 7.89. The quantitative estimate of drug-likeness (QED) is 0.867. The van der Waals surface area contributed by atoms with E-state index in [4.69, 9.17) is 0 Å². The first-order chi connectivity index (χ1) is 12.4. The van der Waals surface area contributed by atoms with E-state index in [0.29, 0.717) is 18.7 Å². The van der Waals surface area contributed by atoms with E-state index in [-0.39, 0.29) is 17.0 Å². The number of rotatable bonds is 5. The average molecular weight is 380 g/mol. The van der Waals surface area contributed by atoms with Gasteiger partial charge in [-0.15, -0.1) is 0 Å². The average Bonchev–Trinajstić information content (AvgIpc) is 3.18. The second-order valence-electron chi connectivity index (χ2n) is 6.07. The van der Waals surface area contributed by atoms with Gasteiger partial charge in [-0.05, 0) is 48.7 Å². The third kappa shape index (κ3) is 3.91. The Balaban J connectivity index is 1.64. The fourth-order valence-corrected chi connectivity index (χ4v) is 4.30. The van der Waals surface area contributed by atoms with Gasteiger partial charge in [-0.3, -0.25) is 4.79 Å². The predicted molar refractivity (Wildman–Crippen MR) is 92.0 cm³/mol. The SMILES string of the molecule is O=C(NCc1ccc(S(=O)(=O)N2CCCC2)cc1)c1ccc(F)c(F)c1. The summed E-state index contributed by atoms with van der Waals surface area (Å²) < 4.78 is 52.4. The van der Waals surface area contributed by atoms with Crippen LogP contribution in [0, 0.1) is 11.6 Å². The van der Waals surface area contributed by atoms with Crippen molar-refractivity contribution >= 4 is 15.9 Å². The first-order valence-electron chi connectivity index (χ1n) is 8.20. The highest BCUT2D eigenvalue weighted by Gasteiger charge is 2.26. The lowest BCUT2D eigenvalue weighted by atomic mass is 10.2. The Morgan fingerprint density at radius 2 is 1.65 bits per heavy atom. The fourth-order valence-electron chi connectivity index (χ4n) is 2.78. The molecule has 2 aromatic carbocycles. The van der Waals surface area contributed by atoms with Crippen LogP contribution in [0.1, 0.15) is 28.8 Å². The summed E-state index contributed by atoms with van der Waals surface area (Å²) in [6, 6.07) is 9.17. The van der Waals surface area contributed by atoms with E-state index >= 15 is 0 Å². The lowest BCUT2D eigenvalue weighted by molar-refractivity contribution is 0.0950. The molecular weight excluding hydrogens is 362 g/mol. The van der Waals surface area contributed by atoms with E-state index in [0.717, 1.165) is 25.0 Å². The second kappa shape index (κ2) is 7.51. The zero-order valence-corrected chi connectivity index (χ0v) is 14.7. The summed E-state index contributed by atoms with van der Waals surface area (Å²) >= 11 is 0. The van der Waals surface area contributed by atoms with Crippen LogP contribution < -0.4 is 5.32 Å². The molecule has 138 valence electrons. The summed E-state index contributed by atoms with van der Waals surface area (Å²) in [6.07, 6.45) is 1.74. The third-order valence-corrected chi connectivity index (χ3v) is 6.17. The summed E-state index contributed by atoms with van der Waals surface area (Å²) in [5.74, 6) is -2.65. The molecule has 3 rings (SSSR count). The topological polar surface area (TPSA) is 66.5 Å². The van der Waals surface area contributed by atoms with Gasteiger partial charge in [0.25, 0.3) is 5.91 Å². The van der Waals surface area contributed by atoms with Gasteiger partial charge in [-0.2, -0.15) is 4.31 Å². The minimum absolute atomic E-state index is 0.0112. The maximum absolute atomic E-state index is 13.2. The van der Waals surface area contributed by atoms with Crippen LogP contribution in [0.15, 0.2) is 47.4 Å². The van der Waals surface area contributed by atoms with Gasteiger partial charge in [0, 0.05) is 25.2 Å². The minimum atomic E-state index is -3.47. The van der Waals surface area contributed by atoms with Crippen molar-refractivity contribution in [2.75, 3.05) is 13.1 Å². The van der Waals surface area contributed by atoms with Gasteiger partial charge in [0.2, 0.25) is 10.0 Å². The van der Waals surface area contributed by atoms with E-state index in [9.17, 15) is 22.0 Å². The largest absolute Gasteiger partial charge is 0.348 e. The van der Waals surface area contributed by atoms with Crippen LogP contribution >= 0.6 is 0 Å². The van der Waals surface area contributed by atoms with Crippen molar-refractivity contribution in [1.29, 1.82) is 0 Å². The van der Waals surface area contributed by atoms with E-state index in [2.05, 4.69) is 5.32 Å². The van der Waals surface area contributed by atoms with Gasteiger partial charge >= 0.3 is 0 Å². The summed E-state index contributed by atoms with van der Waals surface area (Å²) in [5, 5.41) is 2.59. The first kappa shape index (κ1) is 18.5. The number of nitrogens with zero attached hydrogens (tertiary/aromatic N) is 1. The van der Waals surface area contributed by atoms with Crippen LogP contribution in [-0.4, -0.2) is 31.7 Å². The summed E-state index contributed by atoms with van der Waals surface area (Å²) in [4.78, 5) is 12.2. The number of benzene rings is 2. The molecule has 0 aromatic heterocycles. The van der Waals surface area contributed by atoms with Crippen molar-refractivity contribution in [2.45, 2.75) is 24.3 Å². The van der Waals surface area contributed by atoms with Crippen molar-refractivity contribution in [3.05, 3.63) is 65.2 Å². The number of halogens is 2. The number of hydrogen-bond acceptors (Lipinski definition) is 3. The van der Waals surface area contributed by atoms with Crippen LogP contribution in [0.2, 0.25) is 0 Å². The number of amides is 1. The molecule has 0 radical (unpaired) electrons. The molecular formula is C18H18F2N2O3S. The Morgan fingerprint density at radius 3 is 2.27 bits per heavy atom. The smallest absolute Gasteiger partial charge is 0.251 e. The van der Waals surface area contributed by atoms with E-state index < -0.39 is 27.6 Å². The van der Waals surface area contributed by atoms with E-state index in [1.54, 1.807) is 12.1 Å². The molecule has 0 unspecified atom stereocenters. The maximum atomic E-state index is 13.2. The molecule has 0 saturated carbocycles. The van der Waals surface area contributed by atoms with E-state index in [1.165, 1.54) is 22.5 Å². The van der Waals surface area contributed by atoms with Crippen LogP contribution in [0.5, 0.6) is 0 Å². The Kier molecular flexibility index (Phi) is 5.33. The highest BCUT2D eigenvalue weighted by atomic mass is 32.2. The minimum Gasteiger partial charge on any atom is -0.348 e. The van der Waals surface area contributed by atoms with Crippen LogP contribution in [0.3, 0.4) is 0 Å². The molecule has 0 bridgehead atoms. The van der Waals surface area contributed by atoms with Crippen molar-refractivity contribution in [2.24, 2.45) is 0 Å². The monoisotopic (exact) mass is 380 g/mol. The van der Waals surface area contributed by atoms with Crippen molar-refractivity contribution in [3.63, 3.8) is 0 Å². The molecule has 1 heterocycles.